The highest BCUT2D eigenvalue weighted by atomic mass is 15.2. The molecule has 15 heavy (non-hydrogen) atoms. The lowest BCUT2D eigenvalue weighted by atomic mass is 9.98. The summed E-state index contributed by atoms with van der Waals surface area (Å²) >= 11 is 0. The smallest absolute Gasteiger partial charge is 0.148 e. The SMILES string of the molecule is Cc1cnnc(NCC2CCCC2C)c1. The molecule has 3 heteroatoms. The van der Waals surface area contributed by atoms with Gasteiger partial charge in [0.1, 0.15) is 5.82 Å². The highest BCUT2D eigenvalue weighted by Gasteiger charge is 2.22. The fourth-order valence-electron chi connectivity index (χ4n) is 2.31. The van der Waals surface area contributed by atoms with Gasteiger partial charge in [0.15, 0.2) is 0 Å². The van der Waals surface area contributed by atoms with Gasteiger partial charge in [-0.15, -0.1) is 5.10 Å². The molecule has 0 radical (unpaired) electrons. The first kappa shape index (κ1) is 10.4. The molecule has 2 rings (SSSR count). The van der Waals surface area contributed by atoms with Crippen molar-refractivity contribution >= 4 is 5.82 Å². The Morgan fingerprint density at radius 1 is 1.47 bits per heavy atom. The predicted octanol–water partition coefficient (Wildman–Crippen LogP) is 2.63. The van der Waals surface area contributed by atoms with E-state index in [4.69, 9.17) is 0 Å². The van der Waals surface area contributed by atoms with Gasteiger partial charge in [-0.2, -0.15) is 5.10 Å². The lowest BCUT2D eigenvalue weighted by molar-refractivity contribution is 0.439. The Balaban J connectivity index is 1.87. The first-order valence-electron chi connectivity index (χ1n) is 5.79. The third kappa shape index (κ3) is 2.67. The van der Waals surface area contributed by atoms with Gasteiger partial charge in [0.05, 0.1) is 6.20 Å². The molecule has 3 nitrogen and oxygen atoms in total. The van der Waals surface area contributed by atoms with E-state index in [-0.39, 0.29) is 0 Å². The summed E-state index contributed by atoms with van der Waals surface area (Å²) in [6.07, 6.45) is 5.90. The molecular formula is C12H19N3. The van der Waals surface area contributed by atoms with Crippen molar-refractivity contribution in [1.82, 2.24) is 10.2 Å². The zero-order valence-corrected chi connectivity index (χ0v) is 9.53. The molecular weight excluding hydrogens is 186 g/mol. The lowest BCUT2D eigenvalue weighted by Gasteiger charge is -2.15. The maximum atomic E-state index is 4.06. The molecule has 0 aliphatic heterocycles. The minimum atomic E-state index is 0.812. The number of anilines is 1. The normalized spacial score (nSPS) is 25.5. The molecule has 2 unspecified atom stereocenters. The van der Waals surface area contributed by atoms with E-state index in [2.05, 4.69) is 22.4 Å². The van der Waals surface area contributed by atoms with E-state index in [1.165, 1.54) is 19.3 Å². The number of rotatable bonds is 3. The summed E-state index contributed by atoms with van der Waals surface area (Å²) in [7, 11) is 0. The highest BCUT2D eigenvalue weighted by Crippen LogP contribution is 2.30. The average Bonchev–Trinajstić information content (AvgIpc) is 2.61. The highest BCUT2D eigenvalue weighted by molar-refractivity contribution is 5.34. The van der Waals surface area contributed by atoms with Crippen molar-refractivity contribution in [3.63, 3.8) is 0 Å². The van der Waals surface area contributed by atoms with Crippen LogP contribution in [-0.2, 0) is 0 Å². The molecule has 0 spiro atoms. The Kier molecular flexibility index (Phi) is 3.19. The molecule has 1 aliphatic carbocycles. The van der Waals surface area contributed by atoms with Gasteiger partial charge in [-0.3, -0.25) is 0 Å². The van der Waals surface area contributed by atoms with Crippen molar-refractivity contribution in [2.75, 3.05) is 11.9 Å². The summed E-state index contributed by atoms with van der Waals surface area (Å²) in [6.45, 7) is 5.43. The van der Waals surface area contributed by atoms with Crippen LogP contribution in [0.4, 0.5) is 5.82 Å². The number of hydrogen-bond donors (Lipinski definition) is 1. The van der Waals surface area contributed by atoms with Crippen LogP contribution in [0, 0.1) is 18.8 Å². The van der Waals surface area contributed by atoms with E-state index < -0.39 is 0 Å². The molecule has 1 N–H and O–H groups in total. The zero-order valence-electron chi connectivity index (χ0n) is 9.53. The fraction of sp³-hybridized carbons (Fsp3) is 0.667. The predicted molar refractivity (Wildman–Crippen MR) is 61.8 cm³/mol. The molecule has 82 valence electrons. The second-order valence-corrected chi connectivity index (χ2v) is 4.67. The largest absolute Gasteiger partial charge is 0.368 e. The van der Waals surface area contributed by atoms with E-state index in [9.17, 15) is 0 Å². The molecule has 0 saturated heterocycles. The van der Waals surface area contributed by atoms with Crippen molar-refractivity contribution in [2.24, 2.45) is 11.8 Å². The van der Waals surface area contributed by atoms with Crippen LogP contribution in [0.1, 0.15) is 31.7 Å². The van der Waals surface area contributed by atoms with Gasteiger partial charge >= 0.3 is 0 Å². The van der Waals surface area contributed by atoms with Crippen LogP contribution in [0.2, 0.25) is 0 Å². The lowest BCUT2D eigenvalue weighted by Crippen LogP contribution is -2.17. The van der Waals surface area contributed by atoms with Crippen LogP contribution in [-0.4, -0.2) is 16.7 Å². The van der Waals surface area contributed by atoms with E-state index in [1.54, 1.807) is 6.20 Å². The molecule has 1 fully saturated rings. The van der Waals surface area contributed by atoms with Gasteiger partial charge in [0.25, 0.3) is 0 Å². The molecule has 1 aromatic heterocycles. The second-order valence-electron chi connectivity index (χ2n) is 4.67. The number of nitrogens with one attached hydrogen (secondary N) is 1. The number of nitrogens with zero attached hydrogens (tertiary/aromatic N) is 2. The van der Waals surface area contributed by atoms with Crippen molar-refractivity contribution < 1.29 is 0 Å². The molecule has 0 bridgehead atoms. The Hall–Kier alpha value is -1.12. The zero-order chi connectivity index (χ0) is 10.7. The monoisotopic (exact) mass is 205 g/mol. The minimum absolute atomic E-state index is 0.812. The van der Waals surface area contributed by atoms with E-state index in [1.807, 2.05) is 13.0 Å². The maximum Gasteiger partial charge on any atom is 0.148 e. The Morgan fingerprint density at radius 3 is 3.00 bits per heavy atom. The van der Waals surface area contributed by atoms with Gasteiger partial charge < -0.3 is 5.32 Å². The summed E-state index contributed by atoms with van der Waals surface area (Å²) < 4.78 is 0. The average molecular weight is 205 g/mol. The molecule has 1 aromatic rings. The van der Waals surface area contributed by atoms with Crippen molar-refractivity contribution in [2.45, 2.75) is 33.1 Å². The van der Waals surface area contributed by atoms with Crippen LogP contribution in [0.25, 0.3) is 0 Å². The minimum Gasteiger partial charge on any atom is -0.368 e. The van der Waals surface area contributed by atoms with Crippen LogP contribution < -0.4 is 5.32 Å². The number of aryl methyl sites for hydroxylation is 1. The molecule has 0 aromatic carbocycles. The fourth-order valence-corrected chi connectivity index (χ4v) is 2.31. The Labute approximate surface area is 91.3 Å². The third-order valence-corrected chi connectivity index (χ3v) is 3.38. The molecule has 2 atom stereocenters. The van der Waals surface area contributed by atoms with E-state index in [0.29, 0.717) is 0 Å². The number of hydrogen-bond acceptors (Lipinski definition) is 3. The third-order valence-electron chi connectivity index (χ3n) is 3.38. The first-order chi connectivity index (χ1) is 7.25. The van der Waals surface area contributed by atoms with Gasteiger partial charge in [-0.05, 0) is 36.8 Å². The van der Waals surface area contributed by atoms with Gasteiger partial charge in [0, 0.05) is 6.54 Å². The maximum absolute atomic E-state index is 4.06. The molecule has 1 aliphatic rings. The summed E-state index contributed by atoms with van der Waals surface area (Å²) in [5.41, 5.74) is 1.16. The van der Waals surface area contributed by atoms with E-state index in [0.717, 1.165) is 29.8 Å². The van der Waals surface area contributed by atoms with Crippen LogP contribution >= 0.6 is 0 Å². The van der Waals surface area contributed by atoms with Crippen molar-refractivity contribution in [1.29, 1.82) is 0 Å². The van der Waals surface area contributed by atoms with Gasteiger partial charge in [-0.1, -0.05) is 19.8 Å². The van der Waals surface area contributed by atoms with E-state index >= 15 is 0 Å². The molecule has 0 amide bonds. The van der Waals surface area contributed by atoms with Crippen LogP contribution in [0.15, 0.2) is 12.3 Å². The standard InChI is InChI=1S/C12H19N3/c1-9-6-12(15-14-7-9)13-8-11-5-3-4-10(11)2/h6-7,10-11H,3-5,8H2,1-2H3,(H,13,15). The summed E-state index contributed by atoms with van der Waals surface area (Å²) in [5.74, 6) is 2.58. The van der Waals surface area contributed by atoms with Crippen molar-refractivity contribution in [3.8, 4) is 0 Å². The summed E-state index contributed by atoms with van der Waals surface area (Å²) in [4.78, 5) is 0. The van der Waals surface area contributed by atoms with Crippen LogP contribution in [0.3, 0.4) is 0 Å². The van der Waals surface area contributed by atoms with Gasteiger partial charge in [-0.25, -0.2) is 0 Å². The quantitative estimate of drug-likeness (QED) is 0.824. The Bertz CT molecular complexity index is 324. The Morgan fingerprint density at radius 2 is 2.33 bits per heavy atom. The molecule has 1 heterocycles. The van der Waals surface area contributed by atoms with Gasteiger partial charge in [0.2, 0.25) is 0 Å². The van der Waals surface area contributed by atoms with Crippen molar-refractivity contribution in [3.05, 3.63) is 17.8 Å². The number of aromatic nitrogens is 2. The molecule has 1 saturated carbocycles. The van der Waals surface area contributed by atoms with Crippen LogP contribution in [0.5, 0.6) is 0 Å². The first-order valence-corrected chi connectivity index (χ1v) is 5.79. The summed E-state index contributed by atoms with van der Waals surface area (Å²) in [6, 6.07) is 2.05. The second kappa shape index (κ2) is 4.60. The topological polar surface area (TPSA) is 37.8 Å². The summed E-state index contributed by atoms with van der Waals surface area (Å²) in [5, 5.41) is 11.4.